The number of hydrogen-bond acceptors (Lipinski definition) is 5. The third-order valence-corrected chi connectivity index (χ3v) is 5.80. The third kappa shape index (κ3) is 3.64. The highest BCUT2D eigenvalue weighted by atomic mass is 35.5. The Morgan fingerprint density at radius 1 is 1.44 bits per heavy atom. The standard InChI is InChI=1S/C15H16ClN3O5S/c1-19-12(15(21)17-10-7-9(16)4-5-13(10)20)8-11(18-25(19,22)23)14-3-2-6-24-14/h2-7,11-12,18,20H,8H2,1H3,(H,17,21)/t11-,12-/m0/s1. The van der Waals surface area contributed by atoms with Gasteiger partial charge in [0.25, 0.3) is 10.2 Å². The molecule has 1 amide bonds. The van der Waals surface area contributed by atoms with Crippen LogP contribution in [0.3, 0.4) is 0 Å². The average molecular weight is 386 g/mol. The summed E-state index contributed by atoms with van der Waals surface area (Å²) in [5, 5.41) is 12.7. The number of furan rings is 1. The number of carbonyl (C=O) groups excluding carboxylic acids is 1. The SMILES string of the molecule is CN1[C@H](C(=O)Nc2cc(Cl)ccc2O)C[C@@H](c2ccco2)NS1(=O)=O. The van der Waals surface area contributed by atoms with Crippen LogP contribution in [0.4, 0.5) is 5.69 Å². The molecule has 1 saturated heterocycles. The number of phenolic OH excluding ortho intramolecular Hbond substituents is 1. The van der Waals surface area contributed by atoms with Crippen molar-refractivity contribution in [2.75, 3.05) is 12.4 Å². The topological polar surface area (TPSA) is 112 Å². The van der Waals surface area contributed by atoms with Crippen LogP contribution in [0.2, 0.25) is 5.02 Å². The Morgan fingerprint density at radius 2 is 2.20 bits per heavy atom. The van der Waals surface area contributed by atoms with E-state index < -0.39 is 28.2 Å². The van der Waals surface area contributed by atoms with E-state index in [2.05, 4.69) is 10.0 Å². The first-order valence-corrected chi connectivity index (χ1v) is 9.18. The Morgan fingerprint density at radius 3 is 2.88 bits per heavy atom. The quantitative estimate of drug-likeness (QED) is 0.698. The lowest BCUT2D eigenvalue weighted by molar-refractivity contribution is -0.120. The van der Waals surface area contributed by atoms with Crippen LogP contribution in [0.15, 0.2) is 41.0 Å². The summed E-state index contributed by atoms with van der Waals surface area (Å²) in [6, 6.07) is 5.82. The molecule has 3 N–H and O–H groups in total. The maximum Gasteiger partial charge on any atom is 0.280 e. The Bertz CT molecular complexity index is 885. The van der Waals surface area contributed by atoms with E-state index >= 15 is 0 Å². The summed E-state index contributed by atoms with van der Waals surface area (Å²) < 4.78 is 33.3. The van der Waals surface area contributed by atoms with E-state index in [0.29, 0.717) is 10.8 Å². The van der Waals surface area contributed by atoms with E-state index in [1.54, 1.807) is 12.1 Å². The fourth-order valence-corrected chi connectivity index (χ4v) is 4.04. The zero-order valence-corrected chi connectivity index (χ0v) is 14.7. The number of amides is 1. The molecule has 0 radical (unpaired) electrons. The predicted molar refractivity (Wildman–Crippen MR) is 91.4 cm³/mol. The molecule has 25 heavy (non-hydrogen) atoms. The van der Waals surface area contributed by atoms with Crippen molar-refractivity contribution in [3.63, 3.8) is 0 Å². The van der Waals surface area contributed by atoms with Gasteiger partial charge in [0.1, 0.15) is 17.6 Å². The molecule has 1 aliphatic rings. The van der Waals surface area contributed by atoms with Crippen molar-refractivity contribution >= 4 is 33.4 Å². The van der Waals surface area contributed by atoms with E-state index in [1.807, 2.05) is 0 Å². The molecule has 1 fully saturated rings. The fourth-order valence-electron chi connectivity index (χ4n) is 2.61. The first-order valence-electron chi connectivity index (χ1n) is 7.36. The van der Waals surface area contributed by atoms with Crippen molar-refractivity contribution in [3.05, 3.63) is 47.4 Å². The van der Waals surface area contributed by atoms with Gasteiger partial charge in [0, 0.05) is 12.1 Å². The molecule has 10 heteroatoms. The first kappa shape index (κ1) is 17.7. The lowest BCUT2D eigenvalue weighted by Gasteiger charge is -2.35. The van der Waals surface area contributed by atoms with Crippen molar-refractivity contribution in [1.29, 1.82) is 0 Å². The second-order valence-electron chi connectivity index (χ2n) is 5.61. The number of anilines is 1. The van der Waals surface area contributed by atoms with Crippen LogP contribution in [0.5, 0.6) is 5.75 Å². The molecule has 0 bridgehead atoms. The molecule has 1 aromatic heterocycles. The number of aromatic hydroxyl groups is 1. The van der Waals surface area contributed by atoms with Gasteiger partial charge in [-0.25, -0.2) is 0 Å². The Kier molecular flexibility index (Phi) is 4.74. The number of halogens is 1. The van der Waals surface area contributed by atoms with Crippen LogP contribution in [0.25, 0.3) is 0 Å². The number of carbonyl (C=O) groups is 1. The molecular formula is C15H16ClN3O5S. The molecule has 0 aliphatic carbocycles. The van der Waals surface area contributed by atoms with Gasteiger partial charge < -0.3 is 14.8 Å². The van der Waals surface area contributed by atoms with Crippen LogP contribution >= 0.6 is 11.6 Å². The largest absolute Gasteiger partial charge is 0.506 e. The smallest absolute Gasteiger partial charge is 0.280 e. The Labute approximate surface area is 149 Å². The van der Waals surface area contributed by atoms with Crippen LogP contribution < -0.4 is 10.0 Å². The summed E-state index contributed by atoms with van der Waals surface area (Å²) >= 11 is 5.86. The van der Waals surface area contributed by atoms with Gasteiger partial charge in [-0.3, -0.25) is 4.79 Å². The van der Waals surface area contributed by atoms with Crippen LogP contribution in [-0.4, -0.2) is 36.8 Å². The maximum atomic E-state index is 12.6. The van der Waals surface area contributed by atoms with Crippen molar-refractivity contribution in [2.45, 2.75) is 18.5 Å². The number of likely N-dealkylation sites (N-methyl/N-ethyl adjacent to an activating group) is 1. The highest BCUT2D eigenvalue weighted by Crippen LogP contribution is 2.31. The minimum Gasteiger partial charge on any atom is -0.506 e. The fraction of sp³-hybridized carbons (Fsp3) is 0.267. The molecule has 0 saturated carbocycles. The number of phenols is 1. The first-order chi connectivity index (χ1) is 11.8. The van der Waals surface area contributed by atoms with Crippen LogP contribution in [-0.2, 0) is 15.0 Å². The van der Waals surface area contributed by atoms with Crippen molar-refractivity contribution in [2.24, 2.45) is 0 Å². The highest BCUT2D eigenvalue weighted by Gasteiger charge is 2.41. The van der Waals surface area contributed by atoms with Gasteiger partial charge >= 0.3 is 0 Å². The van der Waals surface area contributed by atoms with E-state index in [4.69, 9.17) is 16.0 Å². The minimum atomic E-state index is -3.87. The second-order valence-corrected chi connectivity index (χ2v) is 7.81. The Hall–Kier alpha value is -2.07. The average Bonchev–Trinajstić information content (AvgIpc) is 3.07. The van der Waals surface area contributed by atoms with E-state index in [0.717, 1.165) is 4.31 Å². The summed E-state index contributed by atoms with van der Waals surface area (Å²) in [6.45, 7) is 0. The van der Waals surface area contributed by atoms with Gasteiger partial charge in [0.2, 0.25) is 5.91 Å². The second kappa shape index (κ2) is 6.68. The summed E-state index contributed by atoms with van der Waals surface area (Å²) in [6.07, 6.45) is 1.59. The molecule has 1 aromatic carbocycles. The lowest BCUT2D eigenvalue weighted by Crippen LogP contribution is -2.55. The molecule has 1 aliphatic heterocycles. The van der Waals surface area contributed by atoms with Gasteiger partial charge in [-0.1, -0.05) is 11.6 Å². The van der Waals surface area contributed by atoms with E-state index in [9.17, 15) is 18.3 Å². The van der Waals surface area contributed by atoms with Crippen molar-refractivity contribution < 1.29 is 22.7 Å². The van der Waals surface area contributed by atoms with Crippen molar-refractivity contribution in [1.82, 2.24) is 9.03 Å². The zero-order chi connectivity index (χ0) is 18.2. The number of rotatable bonds is 3. The normalized spacial score (nSPS) is 23.3. The van der Waals surface area contributed by atoms with E-state index in [-0.39, 0.29) is 17.9 Å². The van der Waals surface area contributed by atoms with Gasteiger partial charge in [-0.2, -0.15) is 17.4 Å². The summed E-state index contributed by atoms with van der Waals surface area (Å²) in [7, 11) is -2.56. The monoisotopic (exact) mass is 385 g/mol. The zero-order valence-electron chi connectivity index (χ0n) is 13.1. The van der Waals surface area contributed by atoms with Gasteiger partial charge in [0.05, 0.1) is 18.0 Å². The number of hydrogen-bond donors (Lipinski definition) is 3. The third-order valence-electron chi connectivity index (χ3n) is 3.97. The number of benzene rings is 1. The molecule has 0 spiro atoms. The van der Waals surface area contributed by atoms with E-state index in [1.165, 1.54) is 31.5 Å². The molecule has 2 aromatic rings. The molecule has 0 unspecified atom stereocenters. The summed E-state index contributed by atoms with van der Waals surface area (Å²) in [4.78, 5) is 12.6. The summed E-state index contributed by atoms with van der Waals surface area (Å²) in [5.41, 5.74) is 0.108. The van der Waals surface area contributed by atoms with Crippen LogP contribution in [0, 0.1) is 0 Å². The molecule has 134 valence electrons. The maximum absolute atomic E-state index is 12.6. The number of nitrogens with zero attached hydrogens (tertiary/aromatic N) is 1. The number of nitrogens with one attached hydrogen (secondary N) is 2. The van der Waals surface area contributed by atoms with Gasteiger partial charge in [0.15, 0.2) is 0 Å². The molecule has 2 atom stereocenters. The molecule has 2 heterocycles. The van der Waals surface area contributed by atoms with Gasteiger partial charge in [-0.15, -0.1) is 0 Å². The summed E-state index contributed by atoms with van der Waals surface area (Å²) in [5.74, 6) is -0.332. The molecular weight excluding hydrogens is 370 g/mol. The predicted octanol–water partition coefficient (Wildman–Crippen LogP) is 1.86. The lowest BCUT2D eigenvalue weighted by atomic mass is 10.0. The minimum absolute atomic E-state index is 0.108. The highest BCUT2D eigenvalue weighted by molar-refractivity contribution is 7.87. The molecule has 3 rings (SSSR count). The molecule has 8 nitrogen and oxygen atoms in total. The van der Waals surface area contributed by atoms with Crippen molar-refractivity contribution in [3.8, 4) is 5.75 Å². The van der Waals surface area contributed by atoms with Crippen LogP contribution in [0.1, 0.15) is 18.2 Å². The Balaban J connectivity index is 1.85. The van der Waals surface area contributed by atoms with Gasteiger partial charge in [-0.05, 0) is 36.8 Å².